The van der Waals surface area contributed by atoms with E-state index < -0.39 is 6.43 Å². The van der Waals surface area contributed by atoms with Crippen LogP contribution in [0.15, 0.2) is 12.2 Å². The summed E-state index contributed by atoms with van der Waals surface area (Å²) in [7, 11) is 0. The summed E-state index contributed by atoms with van der Waals surface area (Å²) in [5.74, 6) is 0. The Kier molecular flexibility index (Phi) is 3.56. The number of alkyl halides is 2. The molecule has 7 heavy (non-hydrogen) atoms. The standard InChI is InChI=1S/C5H8F2/c1-2-3-4-5(6)7/h3-5H,2H2,1H3/b4-3-. The van der Waals surface area contributed by atoms with Crippen LogP contribution in [0.4, 0.5) is 8.78 Å². The first kappa shape index (κ1) is 6.60. The van der Waals surface area contributed by atoms with E-state index in [1.54, 1.807) is 0 Å². The summed E-state index contributed by atoms with van der Waals surface area (Å²) in [6.07, 6.45) is 0.745. The van der Waals surface area contributed by atoms with Crippen LogP contribution in [-0.4, -0.2) is 6.43 Å². The predicted octanol–water partition coefficient (Wildman–Crippen LogP) is 2.22. The van der Waals surface area contributed by atoms with E-state index in [9.17, 15) is 8.78 Å². The van der Waals surface area contributed by atoms with Crippen molar-refractivity contribution in [1.29, 1.82) is 0 Å². The lowest BCUT2D eigenvalue weighted by Gasteiger charge is -1.81. The molecule has 2 heteroatoms. The zero-order valence-corrected chi connectivity index (χ0v) is 4.20. The topological polar surface area (TPSA) is 0 Å². The van der Waals surface area contributed by atoms with Crippen LogP contribution in [0.3, 0.4) is 0 Å². The van der Waals surface area contributed by atoms with Crippen LogP contribution in [-0.2, 0) is 0 Å². The average molecular weight is 106 g/mol. The smallest absolute Gasteiger partial charge is 0.206 e. The molecule has 0 aromatic heterocycles. The van der Waals surface area contributed by atoms with E-state index in [2.05, 4.69) is 0 Å². The van der Waals surface area contributed by atoms with Crippen LogP contribution in [0, 0.1) is 0 Å². The van der Waals surface area contributed by atoms with Gasteiger partial charge in [-0.15, -0.1) is 0 Å². The van der Waals surface area contributed by atoms with Gasteiger partial charge in [0.25, 0.3) is 6.43 Å². The number of halogens is 2. The van der Waals surface area contributed by atoms with E-state index in [0.29, 0.717) is 6.42 Å². The van der Waals surface area contributed by atoms with Gasteiger partial charge in [-0.05, 0) is 12.5 Å². The minimum atomic E-state index is -2.28. The van der Waals surface area contributed by atoms with Crippen LogP contribution in [0.5, 0.6) is 0 Å². The third kappa shape index (κ3) is 5.60. The first-order valence-corrected chi connectivity index (χ1v) is 2.22. The Morgan fingerprint density at radius 1 is 1.57 bits per heavy atom. The minimum absolute atomic E-state index is 0.685. The molecular weight excluding hydrogens is 98.1 g/mol. The molecular formula is C5H8F2. The Bertz CT molecular complexity index is 57.1. The van der Waals surface area contributed by atoms with Gasteiger partial charge in [0.2, 0.25) is 0 Å². The number of hydrogen-bond acceptors (Lipinski definition) is 0. The quantitative estimate of drug-likeness (QED) is 0.473. The molecule has 0 aliphatic rings. The summed E-state index contributed by atoms with van der Waals surface area (Å²) >= 11 is 0. The van der Waals surface area contributed by atoms with Crippen LogP contribution in [0.1, 0.15) is 13.3 Å². The third-order valence-electron chi connectivity index (χ3n) is 0.517. The molecule has 0 nitrogen and oxygen atoms in total. The van der Waals surface area contributed by atoms with E-state index in [4.69, 9.17) is 0 Å². The Morgan fingerprint density at radius 3 is 2.29 bits per heavy atom. The normalized spacial score (nSPS) is 11.4. The van der Waals surface area contributed by atoms with Gasteiger partial charge in [-0.3, -0.25) is 0 Å². The Balaban J connectivity index is 3.08. The second kappa shape index (κ2) is 3.78. The van der Waals surface area contributed by atoms with E-state index in [0.717, 1.165) is 6.08 Å². The molecule has 0 bridgehead atoms. The van der Waals surface area contributed by atoms with Crippen molar-refractivity contribution in [1.82, 2.24) is 0 Å². The van der Waals surface area contributed by atoms with Gasteiger partial charge in [-0.2, -0.15) is 0 Å². The van der Waals surface area contributed by atoms with Crippen LogP contribution in [0.2, 0.25) is 0 Å². The second-order valence-corrected chi connectivity index (χ2v) is 1.17. The highest BCUT2D eigenvalue weighted by Crippen LogP contribution is 1.93. The summed E-state index contributed by atoms with van der Waals surface area (Å²) in [6, 6.07) is 0. The molecule has 0 atom stereocenters. The van der Waals surface area contributed by atoms with Crippen molar-refractivity contribution in [3.8, 4) is 0 Å². The average Bonchev–Trinajstić information content (AvgIpc) is 1.61. The molecule has 0 saturated carbocycles. The van der Waals surface area contributed by atoms with Crippen molar-refractivity contribution in [3.05, 3.63) is 12.2 Å². The summed E-state index contributed by atoms with van der Waals surface area (Å²) in [5.41, 5.74) is 0. The van der Waals surface area contributed by atoms with E-state index >= 15 is 0 Å². The second-order valence-electron chi connectivity index (χ2n) is 1.17. The first-order chi connectivity index (χ1) is 3.27. The number of hydrogen-bond donors (Lipinski definition) is 0. The highest BCUT2D eigenvalue weighted by Gasteiger charge is 1.88. The molecule has 0 amide bonds. The zero-order chi connectivity index (χ0) is 5.70. The summed E-state index contributed by atoms with van der Waals surface area (Å²) < 4.78 is 22.3. The highest BCUT2D eigenvalue weighted by molar-refractivity contribution is 4.82. The lowest BCUT2D eigenvalue weighted by atomic mass is 10.4. The third-order valence-corrected chi connectivity index (χ3v) is 0.517. The molecule has 0 aliphatic carbocycles. The molecule has 0 aliphatic heterocycles. The molecule has 42 valence electrons. The van der Waals surface area contributed by atoms with Gasteiger partial charge < -0.3 is 0 Å². The molecule has 0 rings (SSSR count). The molecule has 0 unspecified atom stereocenters. The van der Waals surface area contributed by atoms with Gasteiger partial charge in [0.1, 0.15) is 0 Å². The predicted molar refractivity (Wildman–Crippen MR) is 25.4 cm³/mol. The lowest BCUT2D eigenvalue weighted by Crippen LogP contribution is -1.77. The summed E-state index contributed by atoms with van der Waals surface area (Å²) in [4.78, 5) is 0. The molecule has 0 spiro atoms. The SMILES string of the molecule is CC/C=C\C(F)F. The van der Waals surface area contributed by atoms with Crippen LogP contribution >= 0.6 is 0 Å². The molecule has 0 aromatic rings. The molecule has 0 N–H and O–H groups in total. The van der Waals surface area contributed by atoms with Gasteiger partial charge in [0, 0.05) is 0 Å². The van der Waals surface area contributed by atoms with Gasteiger partial charge in [0.05, 0.1) is 0 Å². The molecule has 0 saturated heterocycles. The Hall–Kier alpha value is -0.400. The van der Waals surface area contributed by atoms with Gasteiger partial charge >= 0.3 is 0 Å². The summed E-state index contributed by atoms with van der Waals surface area (Å²) in [6.45, 7) is 1.82. The fourth-order valence-electron chi connectivity index (χ4n) is 0.239. The van der Waals surface area contributed by atoms with Crippen LogP contribution < -0.4 is 0 Å². The van der Waals surface area contributed by atoms with E-state index in [1.807, 2.05) is 6.92 Å². The lowest BCUT2D eigenvalue weighted by molar-refractivity contribution is 0.204. The van der Waals surface area contributed by atoms with Crippen LogP contribution in [0.25, 0.3) is 0 Å². The van der Waals surface area contributed by atoms with Gasteiger partial charge in [0.15, 0.2) is 0 Å². The van der Waals surface area contributed by atoms with Crippen molar-refractivity contribution in [2.45, 2.75) is 19.8 Å². The Morgan fingerprint density at radius 2 is 2.14 bits per heavy atom. The minimum Gasteiger partial charge on any atom is -0.206 e. The van der Waals surface area contributed by atoms with E-state index in [-0.39, 0.29) is 0 Å². The Labute approximate surface area is 41.8 Å². The maximum Gasteiger partial charge on any atom is 0.257 e. The van der Waals surface area contributed by atoms with Crippen molar-refractivity contribution in [2.75, 3.05) is 0 Å². The molecule has 0 aromatic carbocycles. The molecule has 0 heterocycles. The maximum absolute atomic E-state index is 11.1. The first-order valence-electron chi connectivity index (χ1n) is 2.22. The largest absolute Gasteiger partial charge is 0.257 e. The monoisotopic (exact) mass is 106 g/mol. The summed E-state index contributed by atoms with van der Waals surface area (Å²) in [5, 5.41) is 0. The highest BCUT2D eigenvalue weighted by atomic mass is 19.3. The number of rotatable bonds is 2. The molecule has 0 radical (unpaired) electrons. The van der Waals surface area contributed by atoms with Gasteiger partial charge in [-0.25, -0.2) is 8.78 Å². The van der Waals surface area contributed by atoms with Gasteiger partial charge in [-0.1, -0.05) is 13.0 Å². The maximum atomic E-state index is 11.1. The fourth-order valence-corrected chi connectivity index (χ4v) is 0.239. The fraction of sp³-hybridized carbons (Fsp3) is 0.600. The zero-order valence-electron chi connectivity index (χ0n) is 4.20. The van der Waals surface area contributed by atoms with Crippen molar-refractivity contribution < 1.29 is 8.78 Å². The van der Waals surface area contributed by atoms with Crippen molar-refractivity contribution in [3.63, 3.8) is 0 Å². The molecule has 0 fully saturated rings. The van der Waals surface area contributed by atoms with Crippen molar-refractivity contribution >= 4 is 0 Å². The van der Waals surface area contributed by atoms with E-state index in [1.165, 1.54) is 6.08 Å². The van der Waals surface area contributed by atoms with Crippen molar-refractivity contribution in [2.24, 2.45) is 0 Å². The number of allylic oxidation sites excluding steroid dienone is 2.